The molecule has 0 saturated carbocycles. The summed E-state index contributed by atoms with van der Waals surface area (Å²) in [6.45, 7) is 6.04. The number of anilines is 1. The molecule has 0 heterocycles. The molecule has 1 unspecified atom stereocenters. The van der Waals surface area contributed by atoms with Crippen molar-refractivity contribution in [2.45, 2.75) is 27.2 Å². The molecule has 0 aromatic heterocycles. The molecule has 0 aliphatic carbocycles. The first kappa shape index (κ1) is 15.0. The van der Waals surface area contributed by atoms with Gasteiger partial charge in [-0.2, -0.15) is 0 Å². The normalized spacial score (nSPS) is 11.7. The van der Waals surface area contributed by atoms with E-state index in [0.29, 0.717) is 6.54 Å². The molecule has 1 aromatic rings. The maximum atomic E-state index is 11.7. The van der Waals surface area contributed by atoms with E-state index in [0.717, 1.165) is 16.8 Å². The molecule has 0 bridgehead atoms. The highest BCUT2D eigenvalue weighted by molar-refractivity contribution is 5.90. The van der Waals surface area contributed by atoms with Crippen molar-refractivity contribution in [2.24, 2.45) is 5.92 Å². The molecule has 0 fully saturated rings. The molecule has 19 heavy (non-hydrogen) atoms. The highest BCUT2D eigenvalue weighted by Gasteiger charge is 2.10. The second-order valence-corrected chi connectivity index (χ2v) is 4.79. The van der Waals surface area contributed by atoms with Gasteiger partial charge in [0.1, 0.15) is 0 Å². The van der Waals surface area contributed by atoms with Crippen LogP contribution in [0.3, 0.4) is 0 Å². The number of carboxylic acids is 1. The number of carbonyl (C=O) groups excluding carboxylic acids is 1. The van der Waals surface area contributed by atoms with Crippen LogP contribution in [0.25, 0.3) is 0 Å². The predicted molar refractivity (Wildman–Crippen MR) is 74.4 cm³/mol. The topological polar surface area (TPSA) is 78.4 Å². The number of carboxylic acid groups (broad SMARTS) is 1. The number of hydrogen-bond acceptors (Lipinski definition) is 2. The predicted octanol–water partition coefficient (Wildman–Crippen LogP) is 2.54. The molecule has 5 heteroatoms. The summed E-state index contributed by atoms with van der Waals surface area (Å²) in [5.41, 5.74) is 2.90. The van der Waals surface area contributed by atoms with Crippen LogP contribution in [-0.2, 0) is 4.79 Å². The van der Waals surface area contributed by atoms with Gasteiger partial charge in [-0.1, -0.05) is 19.1 Å². The zero-order chi connectivity index (χ0) is 14.4. The van der Waals surface area contributed by atoms with E-state index in [9.17, 15) is 9.59 Å². The van der Waals surface area contributed by atoms with Gasteiger partial charge >= 0.3 is 12.0 Å². The Hall–Kier alpha value is -2.04. The van der Waals surface area contributed by atoms with E-state index in [1.54, 1.807) is 6.92 Å². The Bertz CT molecular complexity index is 472. The first-order chi connectivity index (χ1) is 8.90. The van der Waals surface area contributed by atoms with Crippen LogP contribution in [0, 0.1) is 19.8 Å². The summed E-state index contributed by atoms with van der Waals surface area (Å²) in [6, 6.07) is 5.38. The Morgan fingerprint density at radius 2 is 2.00 bits per heavy atom. The van der Waals surface area contributed by atoms with Gasteiger partial charge < -0.3 is 15.7 Å². The first-order valence-electron chi connectivity index (χ1n) is 6.23. The lowest BCUT2D eigenvalue weighted by atomic mass is 10.1. The van der Waals surface area contributed by atoms with E-state index in [4.69, 9.17) is 5.11 Å². The largest absolute Gasteiger partial charge is 0.481 e. The van der Waals surface area contributed by atoms with Crippen molar-refractivity contribution >= 4 is 17.7 Å². The van der Waals surface area contributed by atoms with E-state index in [1.807, 2.05) is 32.0 Å². The maximum absolute atomic E-state index is 11.7. The number of aryl methyl sites for hydroxylation is 1. The number of carbonyl (C=O) groups is 2. The van der Waals surface area contributed by atoms with Crippen LogP contribution in [-0.4, -0.2) is 23.7 Å². The van der Waals surface area contributed by atoms with Gasteiger partial charge in [0.15, 0.2) is 0 Å². The fourth-order valence-electron chi connectivity index (χ4n) is 1.69. The van der Waals surface area contributed by atoms with Gasteiger partial charge in [-0.15, -0.1) is 0 Å². The van der Waals surface area contributed by atoms with Crippen LogP contribution < -0.4 is 10.6 Å². The number of benzene rings is 1. The van der Waals surface area contributed by atoms with Gasteiger partial charge in [-0.3, -0.25) is 4.79 Å². The van der Waals surface area contributed by atoms with Gasteiger partial charge in [0, 0.05) is 18.7 Å². The van der Waals surface area contributed by atoms with Crippen molar-refractivity contribution in [3.63, 3.8) is 0 Å². The van der Waals surface area contributed by atoms with E-state index in [2.05, 4.69) is 10.6 Å². The zero-order valence-electron chi connectivity index (χ0n) is 11.5. The Morgan fingerprint density at radius 1 is 1.32 bits per heavy atom. The number of amides is 2. The number of hydrogen-bond donors (Lipinski definition) is 3. The van der Waals surface area contributed by atoms with Crippen LogP contribution in [0.15, 0.2) is 18.2 Å². The lowest BCUT2D eigenvalue weighted by Gasteiger charge is -2.13. The molecule has 0 saturated heterocycles. The average Bonchev–Trinajstić information content (AvgIpc) is 2.32. The van der Waals surface area contributed by atoms with Crippen LogP contribution in [0.4, 0.5) is 10.5 Å². The summed E-state index contributed by atoms with van der Waals surface area (Å²) >= 11 is 0. The third kappa shape index (κ3) is 4.99. The summed E-state index contributed by atoms with van der Waals surface area (Å²) in [7, 11) is 0. The Balaban J connectivity index is 2.47. The van der Waals surface area contributed by atoms with Crippen LogP contribution in [0.5, 0.6) is 0 Å². The fraction of sp³-hybridized carbons (Fsp3) is 0.429. The number of nitrogens with one attached hydrogen (secondary N) is 2. The van der Waals surface area contributed by atoms with E-state index in [1.165, 1.54) is 0 Å². The summed E-state index contributed by atoms with van der Waals surface area (Å²) in [4.78, 5) is 22.2. The van der Waals surface area contributed by atoms with Crippen molar-refractivity contribution in [2.75, 3.05) is 11.9 Å². The second kappa shape index (κ2) is 6.78. The van der Waals surface area contributed by atoms with Gasteiger partial charge in [0.05, 0.1) is 0 Å². The number of urea groups is 1. The third-order valence-corrected chi connectivity index (χ3v) is 2.99. The molecule has 0 aliphatic heterocycles. The maximum Gasteiger partial charge on any atom is 0.319 e. The van der Waals surface area contributed by atoms with E-state index >= 15 is 0 Å². The average molecular weight is 264 g/mol. The third-order valence-electron chi connectivity index (χ3n) is 2.99. The second-order valence-electron chi connectivity index (χ2n) is 4.79. The Morgan fingerprint density at radius 3 is 2.63 bits per heavy atom. The monoisotopic (exact) mass is 264 g/mol. The summed E-state index contributed by atoms with van der Waals surface area (Å²) in [5.74, 6) is -0.953. The van der Waals surface area contributed by atoms with E-state index in [-0.39, 0.29) is 18.4 Å². The zero-order valence-corrected chi connectivity index (χ0v) is 11.5. The molecule has 0 radical (unpaired) electrons. The van der Waals surface area contributed by atoms with Gasteiger partial charge in [-0.25, -0.2) is 4.79 Å². The molecule has 1 aromatic carbocycles. The molecule has 3 N–H and O–H groups in total. The first-order valence-corrected chi connectivity index (χ1v) is 6.23. The van der Waals surface area contributed by atoms with Gasteiger partial charge in [0.25, 0.3) is 0 Å². The number of rotatable bonds is 5. The highest BCUT2D eigenvalue weighted by Crippen LogP contribution is 2.17. The lowest BCUT2D eigenvalue weighted by Crippen LogP contribution is -2.33. The van der Waals surface area contributed by atoms with Crippen LogP contribution >= 0.6 is 0 Å². The lowest BCUT2D eigenvalue weighted by molar-refractivity contribution is -0.137. The van der Waals surface area contributed by atoms with Gasteiger partial charge in [-0.05, 0) is 37.0 Å². The van der Waals surface area contributed by atoms with Crippen molar-refractivity contribution in [3.05, 3.63) is 29.3 Å². The number of aliphatic carboxylic acids is 1. The SMILES string of the molecule is Cc1cccc(NC(=O)NCC(C)CC(=O)O)c1C. The summed E-state index contributed by atoms with van der Waals surface area (Å²) < 4.78 is 0. The summed E-state index contributed by atoms with van der Waals surface area (Å²) in [6.07, 6.45) is 0.0454. The van der Waals surface area contributed by atoms with Crippen molar-refractivity contribution < 1.29 is 14.7 Å². The quantitative estimate of drug-likeness (QED) is 0.764. The molecule has 5 nitrogen and oxygen atoms in total. The van der Waals surface area contributed by atoms with Crippen molar-refractivity contribution in [1.82, 2.24) is 5.32 Å². The van der Waals surface area contributed by atoms with Gasteiger partial charge in [0.2, 0.25) is 0 Å². The molecule has 1 atom stereocenters. The fourth-order valence-corrected chi connectivity index (χ4v) is 1.69. The molecule has 2 amide bonds. The molecular formula is C14H20N2O3. The molecule has 104 valence electrons. The minimum absolute atomic E-state index is 0.0454. The standard InChI is InChI=1S/C14H20N2O3/c1-9(7-13(17)18)8-15-14(19)16-12-6-4-5-10(2)11(12)3/h4-6,9H,7-8H2,1-3H3,(H,17,18)(H2,15,16,19). The van der Waals surface area contributed by atoms with Crippen molar-refractivity contribution in [1.29, 1.82) is 0 Å². The molecule has 1 rings (SSSR count). The van der Waals surface area contributed by atoms with Crippen LogP contribution in [0.1, 0.15) is 24.5 Å². The molecule has 0 spiro atoms. The smallest absolute Gasteiger partial charge is 0.319 e. The van der Waals surface area contributed by atoms with Crippen LogP contribution in [0.2, 0.25) is 0 Å². The Labute approximate surface area is 113 Å². The van der Waals surface area contributed by atoms with Crippen molar-refractivity contribution in [3.8, 4) is 0 Å². The minimum Gasteiger partial charge on any atom is -0.481 e. The Kier molecular flexibility index (Phi) is 5.36. The summed E-state index contributed by atoms with van der Waals surface area (Å²) in [5, 5.41) is 14.1. The minimum atomic E-state index is -0.857. The van der Waals surface area contributed by atoms with E-state index < -0.39 is 5.97 Å². The highest BCUT2D eigenvalue weighted by atomic mass is 16.4. The molecular weight excluding hydrogens is 244 g/mol. The molecule has 0 aliphatic rings.